The summed E-state index contributed by atoms with van der Waals surface area (Å²) in [5, 5.41) is 3.47. The Balaban J connectivity index is 2.22. The van der Waals surface area contributed by atoms with E-state index in [2.05, 4.69) is 31.3 Å². The lowest BCUT2D eigenvalue weighted by Crippen LogP contribution is -2.09. The summed E-state index contributed by atoms with van der Waals surface area (Å²) in [6.07, 6.45) is 0. The summed E-state index contributed by atoms with van der Waals surface area (Å²) >= 11 is 0. The van der Waals surface area contributed by atoms with Crippen LogP contribution >= 0.6 is 0 Å². The third kappa shape index (κ3) is 3.34. The minimum atomic E-state index is -0.191. The largest absolute Gasteiger partial charge is 0.378 e. The van der Waals surface area contributed by atoms with E-state index in [1.54, 1.807) is 12.1 Å². The summed E-state index contributed by atoms with van der Waals surface area (Å²) in [6, 6.07) is 15.1. The molecule has 19 heavy (non-hydrogen) atoms. The lowest BCUT2D eigenvalue weighted by Gasteiger charge is -2.20. The predicted octanol–water partition coefficient (Wildman–Crippen LogP) is 5.12. The average molecular weight is 257 g/mol. The Hall–Kier alpha value is -1.83. The summed E-state index contributed by atoms with van der Waals surface area (Å²) in [5.74, 6) is 0.270. The Morgan fingerprint density at radius 3 is 2.37 bits per heavy atom. The molecule has 100 valence electrons. The van der Waals surface area contributed by atoms with Crippen LogP contribution in [0, 0.1) is 5.82 Å². The summed E-state index contributed by atoms with van der Waals surface area (Å²) in [6.45, 7) is 6.40. The van der Waals surface area contributed by atoms with Crippen LogP contribution in [0.25, 0.3) is 0 Å². The second kappa shape index (κ2) is 5.87. The first-order valence-corrected chi connectivity index (χ1v) is 6.69. The van der Waals surface area contributed by atoms with E-state index in [1.165, 1.54) is 11.6 Å². The number of nitrogens with one attached hydrogen (secondary N) is 1. The van der Waals surface area contributed by atoms with E-state index in [-0.39, 0.29) is 11.9 Å². The van der Waals surface area contributed by atoms with E-state index in [4.69, 9.17) is 0 Å². The summed E-state index contributed by atoms with van der Waals surface area (Å²) in [4.78, 5) is 0. The SMILES string of the molecule is CC(C)c1ccccc1NC(C)c1cccc(F)c1. The van der Waals surface area contributed by atoms with Crippen LogP contribution in [0.4, 0.5) is 10.1 Å². The predicted molar refractivity (Wildman–Crippen MR) is 79.0 cm³/mol. The van der Waals surface area contributed by atoms with Gasteiger partial charge in [-0.1, -0.05) is 44.2 Å². The van der Waals surface area contributed by atoms with Crippen LogP contribution in [-0.2, 0) is 0 Å². The molecular formula is C17H20FN. The first-order chi connectivity index (χ1) is 9.08. The third-order valence-corrected chi connectivity index (χ3v) is 3.30. The van der Waals surface area contributed by atoms with E-state index in [0.717, 1.165) is 11.3 Å². The second-order valence-corrected chi connectivity index (χ2v) is 5.16. The maximum absolute atomic E-state index is 13.2. The van der Waals surface area contributed by atoms with Crippen LogP contribution in [0.3, 0.4) is 0 Å². The molecule has 0 amide bonds. The molecule has 0 heterocycles. The highest BCUT2D eigenvalue weighted by Gasteiger charge is 2.10. The van der Waals surface area contributed by atoms with E-state index in [0.29, 0.717) is 5.92 Å². The van der Waals surface area contributed by atoms with Gasteiger partial charge in [0, 0.05) is 11.7 Å². The monoisotopic (exact) mass is 257 g/mol. The van der Waals surface area contributed by atoms with Crippen LogP contribution < -0.4 is 5.32 Å². The molecule has 0 aliphatic rings. The van der Waals surface area contributed by atoms with E-state index < -0.39 is 0 Å². The van der Waals surface area contributed by atoms with Crippen LogP contribution in [0.1, 0.15) is 43.9 Å². The van der Waals surface area contributed by atoms with Crippen molar-refractivity contribution in [3.63, 3.8) is 0 Å². The van der Waals surface area contributed by atoms with Gasteiger partial charge in [0.05, 0.1) is 0 Å². The maximum atomic E-state index is 13.2. The van der Waals surface area contributed by atoms with Gasteiger partial charge >= 0.3 is 0 Å². The standard InChI is InChI=1S/C17H20FN/c1-12(2)16-9-4-5-10-17(16)19-13(3)14-7-6-8-15(18)11-14/h4-13,19H,1-3H3. The minimum absolute atomic E-state index is 0.0793. The Morgan fingerprint density at radius 1 is 0.947 bits per heavy atom. The van der Waals surface area contributed by atoms with Gasteiger partial charge in [-0.25, -0.2) is 4.39 Å². The molecule has 0 spiro atoms. The van der Waals surface area contributed by atoms with Gasteiger partial charge in [0.25, 0.3) is 0 Å². The first-order valence-electron chi connectivity index (χ1n) is 6.69. The number of hydrogen-bond acceptors (Lipinski definition) is 1. The Bertz CT molecular complexity index is 548. The van der Waals surface area contributed by atoms with Crippen molar-refractivity contribution >= 4 is 5.69 Å². The van der Waals surface area contributed by atoms with Gasteiger partial charge in [-0.3, -0.25) is 0 Å². The highest BCUT2D eigenvalue weighted by molar-refractivity contribution is 5.53. The van der Waals surface area contributed by atoms with E-state index >= 15 is 0 Å². The lowest BCUT2D eigenvalue weighted by molar-refractivity contribution is 0.623. The van der Waals surface area contributed by atoms with Crippen molar-refractivity contribution in [3.8, 4) is 0 Å². The Kier molecular flexibility index (Phi) is 4.20. The zero-order valence-electron chi connectivity index (χ0n) is 11.7. The number of para-hydroxylation sites is 1. The molecule has 2 aromatic carbocycles. The highest BCUT2D eigenvalue weighted by Crippen LogP contribution is 2.27. The van der Waals surface area contributed by atoms with Crippen molar-refractivity contribution in [1.29, 1.82) is 0 Å². The molecule has 0 saturated heterocycles. The zero-order chi connectivity index (χ0) is 13.8. The van der Waals surface area contributed by atoms with Crippen molar-refractivity contribution in [1.82, 2.24) is 0 Å². The number of anilines is 1. The third-order valence-electron chi connectivity index (χ3n) is 3.30. The van der Waals surface area contributed by atoms with Crippen molar-refractivity contribution in [2.45, 2.75) is 32.7 Å². The van der Waals surface area contributed by atoms with Gasteiger partial charge in [-0.2, -0.15) is 0 Å². The fraction of sp³-hybridized carbons (Fsp3) is 0.294. The fourth-order valence-corrected chi connectivity index (χ4v) is 2.22. The quantitative estimate of drug-likeness (QED) is 0.801. The Labute approximate surface area is 114 Å². The molecule has 0 aliphatic heterocycles. The number of halogens is 1. The topological polar surface area (TPSA) is 12.0 Å². The van der Waals surface area contributed by atoms with Gasteiger partial charge in [-0.15, -0.1) is 0 Å². The molecule has 2 aromatic rings. The highest BCUT2D eigenvalue weighted by atomic mass is 19.1. The molecule has 0 saturated carbocycles. The molecule has 0 aromatic heterocycles. The molecule has 0 fully saturated rings. The molecule has 0 radical (unpaired) electrons. The number of benzene rings is 2. The molecule has 1 N–H and O–H groups in total. The van der Waals surface area contributed by atoms with E-state index in [1.807, 2.05) is 25.1 Å². The molecule has 0 aliphatic carbocycles. The van der Waals surface area contributed by atoms with Gasteiger partial charge < -0.3 is 5.32 Å². The normalized spacial score (nSPS) is 12.5. The maximum Gasteiger partial charge on any atom is 0.123 e. The van der Waals surface area contributed by atoms with Crippen molar-refractivity contribution in [2.24, 2.45) is 0 Å². The van der Waals surface area contributed by atoms with Crippen LogP contribution in [-0.4, -0.2) is 0 Å². The summed E-state index contributed by atoms with van der Waals surface area (Å²) in [7, 11) is 0. The van der Waals surface area contributed by atoms with Gasteiger partial charge in [-0.05, 0) is 42.2 Å². The minimum Gasteiger partial charge on any atom is -0.378 e. The molecule has 1 unspecified atom stereocenters. The van der Waals surface area contributed by atoms with Gasteiger partial charge in [0.15, 0.2) is 0 Å². The number of rotatable bonds is 4. The zero-order valence-corrected chi connectivity index (χ0v) is 11.7. The Morgan fingerprint density at radius 2 is 1.68 bits per heavy atom. The van der Waals surface area contributed by atoms with Gasteiger partial charge in [0.1, 0.15) is 5.82 Å². The van der Waals surface area contributed by atoms with Crippen molar-refractivity contribution in [2.75, 3.05) is 5.32 Å². The smallest absolute Gasteiger partial charge is 0.123 e. The van der Waals surface area contributed by atoms with Crippen LogP contribution in [0.2, 0.25) is 0 Å². The van der Waals surface area contributed by atoms with Crippen molar-refractivity contribution in [3.05, 3.63) is 65.5 Å². The van der Waals surface area contributed by atoms with Crippen molar-refractivity contribution < 1.29 is 4.39 Å². The molecule has 1 nitrogen and oxygen atoms in total. The summed E-state index contributed by atoms with van der Waals surface area (Å²) < 4.78 is 13.2. The summed E-state index contributed by atoms with van der Waals surface area (Å²) in [5.41, 5.74) is 3.36. The van der Waals surface area contributed by atoms with E-state index in [9.17, 15) is 4.39 Å². The molecule has 2 heteroatoms. The average Bonchev–Trinajstić information content (AvgIpc) is 2.39. The molecule has 2 rings (SSSR count). The van der Waals surface area contributed by atoms with Crippen LogP contribution in [0.5, 0.6) is 0 Å². The lowest BCUT2D eigenvalue weighted by atomic mass is 10.00. The number of hydrogen-bond donors (Lipinski definition) is 1. The second-order valence-electron chi connectivity index (χ2n) is 5.16. The fourth-order valence-electron chi connectivity index (χ4n) is 2.22. The molecular weight excluding hydrogens is 237 g/mol. The molecule has 1 atom stereocenters. The first kappa shape index (κ1) is 13.6. The van der Waals surface area contributed by atoms with Crippen LogP contribution in [0.15, 0.2) is 48.5 Å². The molecule has 0 bridgehead atoms. The van der Waals surface area contributed by atoms with Gasteiger partial charge in [0.2, 0.25) is 0 Å².